The number of rotatable bonds is 5. The van der Waals surface area contributed by atoms with Crippen LogP contribution < -0.4 is 0 Å². The van der Waals surface area contributed by atoms with E-state index in [0.717, 1.165) is 18.4 Å². The molecule has 0 radical (unpaired) electrons. The van der Waals surface area contributed by atoms with Crippen LogP contribution in [0.4, 0.5) is 4.39 Å². The molecule has 1 aromatic carbocycles. The van der Waals surface area contributed by atoms with Crippen LogP contribution in [-0.2, 0) is 16.0 Å². The molecule has 1 N–H and O–H groups in total. The first-order chi connectivity index (χ1) is 10.0. The van der Waals surface area contributed by atoms with E-state index in [9.17, 15) is 14.0 Å². The molecule has 4 nitrogen and oxygen atoms in total. The molecule has 0 aliphatic carbocycles. The molecule has 0 spiro atoms. The Hall–Kier alpha value is -1.91. The zero-order valence-electron chi connectivity index (χ0n) is 11.9. The highest BCUT2D eigenvalue weighted by Gasteiger charge is 2.23. The van der Waals surface area contributed by atoms with Crippen molar-refractivity contribution in [3.8, 4) is 0 Å². The lowest BCUT2D eigenvalue weighted by Crippen LogP contribution is -2.39. The second kappa shape index (κ2) is 7.20. The third-order valence-corrected chi connectivity index (χ3v) is 3.97. The molecule has 21 heavy (non-hydrogen) atoms. The molecule has 1 aliphatic rings. The number of piperidine rings is 1. The Morgan fingerprint density at radius 2 is 1.81 bits per heavy atom. The Bertz CT molecular complexity index is 493. The van der Waals surface area contributed by atoms with Gasteiger partial charge >= 0.3 is 5.97 Å². The van der Waals surface area contributed by atoms with E-state index in [1.54, 1.807) is 12.1 Å². The summed E-state index contributed by atoms with van der Waals surface area (Å²) in [6.45, 7) is 1.28. The number of carbonyl (C=O) groups excluding carboxylic acids is 1. The number of carboxylic acid groups (broad SMARTS) is 1. The lowest BCUT2D eigenvalue weighted by Gasteiger charge is -2.31. The van der Waals surface area contributed by atoms with Crippen molar-refractivity contribution < 1.29 is 19.1 Å². The number of hydrogen-bond acceptors (Lipinski definition) is 2. The highest BCUT2D eigenvalue weighted by Crippen LogP contribution is 2.21. The van der Waals surface area contributed by atoms with Crippen LogP contribution in [0.2, 0.25) is 0 Å². The molecule has 1 fully saturated rings. The van der Waals surface area contributed by atoms with Crippen molar-refractivity contribution in [1.29, 1.82) is 0 Å². The normalized spacial score (nSPS) is 16.0. The molecule has 1 heterocycles. The van der Waals surface area contributed by atoms with Gasteiger partial charge in [0.05, 0.1) is 0 Å². The molecule has 0 bridgehead atoms. The molecule has 0 aromatic heterocycles. The van der Waals surface area contributed by atoms with Gasteiger partial charge in [0, 0.05) is 25.9 Å². The minimum absolute atomic E-state index is 0.0908. The molecule has 2 rings (SSSR count). The summed E-state index contributed by atoms with van der Waals surface area (Å²) in [6.07, 6.45) is 2.73. The van der Waals surface area contributed by atoms with Gasteiger partial charge in [-0.15, -0.1) is 0 Å². The van der Waals surface area contributed by atoms with Gasteiger partial charge in [-0.05, 0) is 42.9 Å². The minimum atomic E-state index is -0.768. The maximum Gasteiger partial charge on any atom is 0.303 e. The van der Waals surface area contributed by atoms with E-state index < -0.39 is 5.97 Å². The zero-order valence-corrected chi connectivity index (χ0v) is 11.9. The van der Waals surface area contributed by atoms with E-state index in [2.05, 4.69) is 0 Å². The summed E-state index contributed by atoms with van der Waals surface area (Å²) < 4.78 is 12.8. The summed E-state index contributed by atoms with van der Waals surface area (Å²) in [7, 11) is 0. The first kappa shape index (κ1) is 15.5. The van der Waals surface area contributed by atoms with E-state index in [4.69, 9.17) is 5.11 Å². The van der Waals surface area contributed by atoms with Crippen LogP contribution in [0.15, 0.2) is 24.3 Å². The van der Waals surface area contributed by atoms with Crippen LogP contribution in [-0.4, -0.2) is 35.0 Å². The van der Waals surface area contributed by atoms with Crippen LogP contribution in [0.3, 0.4) is 0 Å². The number of halogens is 1. The summed E-state index contributed by atoms with van der Waals surface area (Å²) in [6, 6.07) is 6.19. The molecule has 1 aromatic rings. The molecule has 5 heteroatoms. The summed E-state index contributed by atoms with van der Waals surface area (Å²) in [5.74, 6) is -0.765. The van der Waals surface area contributed by atoms with Crippen LogP contribution >= 0.6 is 0 Å². The van der Waals surface area contributed by atoms with E-state index in [1.165, 1.54) is 12.1 Å². The first-order valence-corrected chi connectivity index (χ1v) is 7.28. The van der Waals surface area contributed by atoms with Crippen molar-refractivity contribution in [3.05, 3.63) is 35.6 Å². The Morgan fingerprint density at radius 1 is 1.19 bits per heavy atom. The Balaban J connectivity index is 1.74. The van der Waals surface area contributed by atoms with E-state index in [1.807, 2.05) is 4.90 Å². The Labute approximate surface area is 123 Å². The quantitative estimate of drug-likeness (QED) is 0.907. The predicted molar refractivity (Wildman–Crippen MR) is 76.3 cm³/mol. The molecular weight excluding hydrogens is 273 g/mol. The number of benzene rings is 1. The lowest BCUT2D eigenvalue weighted by molar-refractivity contribution is -0.138. The number of carbonyl (C=O) groups is 2. The van der Waals surface area contributed by atoms with Gasteiger partial charge in [0.15, 0.2) is 0 Å². The number of hydrogen-bond donors (Lipinski definition) is 1. The summed E-state index contributed by atoms with van der Waals surface area (Å²) in [4.78, 5) is 24.6. The average Bonchev–Trinajstić information content (AvgIpc) is 2.46. The van der Waals surface area contributed by atoms with Crippen molar-refractivity contribution >= 4 is 11.9 Å². The van der Waals surface area contributed by atoms with Crippen molar-refractivity contribution in [2.24, 2.45) is 5.92 Å². The average molecular weight is 293 g/mol. The standard InChI is InChI=1S/C16H20FNO3/c17-14-4-1-12(2-5-14)3-6-15(19)18-9-7-13(8-10-18)11-16(20)21/h1-2,4-5,13H,3,6-11H2,(H,20,21). The second-order valence-electron chi connectivity index (χ2n) is 5.55. The maximum atomic E-state index is 12.8. The monoisotopic (exact) mass is 293 g/mol. The SMILES string of the molecule is O=C(O)CC1CCN(C(=O)CCc2ccc(F)cc2)CC1. The Kier molecular flexibility index (Phi) is 5.31. The lowest BCUT2D eigenvalue weighted by atomic mass is 9.93. The topological polar surface area (TPSA) is 57.6 Å². The molecule has 0 unspecified atom stereocenters. The van der Waals surface area contributed by atoms with Gasteiger partial charge in [-0.1, -0.05) is 12.1 Å². The maximum absolute atomic E-state index is 12.8. The fraction of sp³-hybridized carbons (Fsp3) is 0.500. The van der Waals surface area contributed by atoms with Gasteiger partial charge in [-0.3, -0.25) is 9.59 Å². The van der Waals surface area contributed by atoms with Gasteiger partial charge in [0.2, 0.25) is 5.91 Å². The fourth-order valence-electron chi connectivity index (χ4n) is 2.69. The molecule has 0 atom stereocenters. The third-order valence-electron chi connectivity index (χ3n) is 3.97. The van der Waals surface area contributed by atoms with Crippen molar-refractivity contribution in [1.82, 2.24) is 4.90 Å². The number of nitrogens with zero attached hydrogens (tertiary/aromatic N) is 1. The van der Waals surface area contributed by atoms with E-state index in [-0.39, 0.29) is 24.1 Å². The predicted octanol–water partition coefficient (Wildman–Crippen LogP) is 2.47. The molecule has 1 amide bonds. The minimum Gasteiger partial charge on any atom is -0.481 e. The van der Waals surface area contributed by atoms with Gasteiger partial charge in [0.1, 0.15) is 5.82 Å². The number of aryl methyl sites for hydroxylation is 1. The zero-order chi connectivity index (χ0) is 15.2. The van der Waals surface area contributed by atoms with Crippen molar-refractivity contribution in [2.45, 2.75) is 32.1 Å². The van der Waals surface area contributed by atoms with Gasteiger partial charge in [0.25, 0.3) is 0 Å². The number of aliphatic carboxylic acids is 1. The summed E-state index contributed by atoms with van der Waals surface area (Å²) >= 11 is 0. The molecule has 0 saturated carbocycles. The highest BCUT2D eigenvalue weighted by atomic mass is 19.1. The van der Waals surface area contributed by atoms with E-state index >= 15 is 0 Å². The van der Waals surface area contributed by atoms with Crippen molar-refractivity contribution in [2.75, 3.05) is 13.1 Å². The highest BCUT2D eigenvalue weighted by molar-refractivity contribution is 5.76. The number of amides is 1. The van der Waals surface area contributed by atoms with Gasteiger partial charge < -0.3 is 10.0 Å². The van der Waals surface area contributed by atoms with Gasteiger partial charge in [-0.2, -0.15) is 0 Å². The third kappa shape index (κ3) is 4.85. The van der Waals surface area contributed by atoms with Crippen LogP contribution in [0.25, 0.3) is 0 Å². The molecule has 114 valence electrons. The van der Waals surface area contributed by atoms with Gasteiger partial charge in [-0.25, -0.2) is 4.39 Å². The number of likely N-dealkylation sites (tertiary alicyclic amines) is 1. The second-order valence-corrected chi connectivity index (χ2v) is 5.55. The van der Waals surface area contributed by atoms with E-state index in [0.29, 0.717) is 25.9 Å². The van der Waals surface area contributed by atoms with Crippen LogP contribution in [0, 0.1) is 11.7 Å². The first-order valence-electron chi connectivity index (χ1n) is 7.28. The summed E-state index contributed by atoms with van der Waals surface area (Å²) in [5, 5.41) is 8.76. The molecule has 1 saturated heterocycles. The Morgan fingerprint density at radius 3 is 2.38 bits per heavy atom. The summed E-state index contributed by atoms with van der Waals surface area (Å²) in [5.41, 5.74) is 0.950. The molecule has 1 aliphatic heterocycles. The largest absolute Gasteiger partial charge is 0.481 e. The van der Waals surface area contributed by atoms with Crippen LogP contribution in [0.1, 0.15) is 31.2 Å². The van der Waals surface area contributed by atoms with Crippen molar-refractivity contribution in [3.63, 3.8) is 0 Å². The molecular formula is C16H20FNO3. The fourth-order valence-corrected chi connectivity index (χ4v) is 2.69. The number of carboxylic acids is 1. The smallest absolute Gasteiger partial charge is 0.303 e. The van der Waals surface area contributed by atoms with Crippen LogP contribution in [0.5, 0.6) is 0 Å².